The zero-order valence-corrected chi connectivity index (χ0v) is 16.1. The van der Waals surface area contributed by atoms with Crippen molar-refractivity contribution in [2.45, 2.75) is 90.4 Å². The molecule has 5 heteroatoms. The number of nitrogens with two attached hydrogens (primary N) is 1. The molecule has 1 aliphatic rings. The third-order valence-electron chi connectivity index (χ3n) is 5.17. The Morgan fingerprint density at radius 1 is 1.21 bits per heavy atom. The molecule has 0 saturated heterocycles. The summed E-state index contributed by atoms with van der Waals surface area (Å²) in [4.78, 5) is 11.8. The van der Waals surface area contributed by atoms with Gasteiger partial charge in [-0.2, -0.15) is 0 Å². The molecule has 24 heavy (non-hydrogen) atoms. The number of nitrogens with one attached hydrogen (secondary N) is 1. The average Bonchev–Trinajstić information content (AvgIpc) is 2.55. The zero-order chi connectivity index (χ0) is 18.0. The highest BCUT2D eigenvalue weighted by Gasteiger charge is 2.45. The number of amides is 1. The van der Waals surface area contributed by atoms with Crippen LogP contribution in [0.15, 0.2) is 0 Å². The molecule has 0 heterocycles. The topological polar surface area (TPSA) is 73.6 Å². The predicted octanol–water partition coefficient (Wildman–Crippen LogP) is 3.01. The number of hydrogen-bond donors (Lipinski definition) is 2. The molecule has 0 aromatic carbocycles. The normalized spacial score (nSPS) is 26.3. The molecule has 3 unspecified atom stereocenters. The summed E-state index contributed by atoms with van der Waals surface area (Å²) in [6.07, 6.45) is 9.41. The highest BCUT2D eigenvalue weighted by Crippen LogP contribution is 2.38. The number of carbonyl (C=O) groups is 1. The number of ether oxygens (including phenoxy) is 2. The van der Waals surface area contributed by atoms with Gasteiger partial charge in [0, 0.05) is 13.7 Å². The number of hydrogen-bond acceptors (Lipinski definition) is 4. The maximum absolute atomic E-state index is 11.8. The van der Waals surface area contributed by atoms with E-state index in [9.17, 15) is 4.79 Å². The van der Waals surface area contributed by atoms with E-state index in [-0.39, 0.29) is 36.1 Å². The minimum absolute atomic E-state index is 0.00247. The van der Waals surface area contributed by atoms with E-state index in [4.69, 9.17) is 15.2 Å². The van der Waals surface area contributed by atoms with Crippen molar-refractivity contribution in [2.75, 3.05) is 20.3 Å². The summed E-state index contributed by atoms with van der Waals surface area (Å²) in [7, 11) is 1.71. The lowest BCUT2D eigenvalue weighted by Gasteiger charge is -2.47. The number of carbonyl (C=O) groups excluding carboxylic acids is 1. The molecule has 1 aliphatic carbocycles. The van der Waals surface area contributed by atoms with E-state index in [1.807, 2.05) is 0 Å². The fourth-order valence-electron chi connectivity index (χ4n) is 3.70. The lowest BCUT2D eigenvalue weighted by Crippen LogP contribution is -2.60. The summed E-state index contributed by atoms with van der Waals surface area (Å²) in [6, 6.07) is -0.130. The molecule has 5 nitrogen and oxygen atoms in total. The molecule has 0 spiro atoms. The Bertz CT molecular complexity index is 361. The van der Waals surface area contributed by atoms with Gasteiger partial charge in [0.2, 0.25) is 5.91 Å². The Kier molecular flexibility index (Phi) is 9.86. The van der Waals surface area contributed by atoms with E-state index in [1.165, 1.54) is 32.1 Å². The second-order valence-electron chi connectivity index (χ2n) is 7.66. The van der Waals surface area contributed by atoms with Crippen LogP contribution in [0.4, 0.5) is 0 Å². The summed E-state index contributed by atoms with van der Waals surface area (Å²) in [5, 5.41) is 3.03. The molecule has 1 rings (SSSR count). The molecule has 3 N–H and O–H groups in total. The van der Waals surface area contributed by atoms with Crippen molar-refractivity contribution in [1.82, 2.24) is 5.32 Å². The maximum atomic E-state index is 11.8. The minimum Gasteiger partial charge on any atom is -0.379 e. The van der Waals surface area contributed by atoms with E-state index in [0.29, 0.717) is 0 Å². The zero-order valence-electron chi connectivity index (χ0n) is 16.1. The van der Waals surface area contributed by atoms with E-state index < -0.39 is 0 Å². The summed E-state index contributed by atoms with van der Waals surface area (Å²) in [6.45, 7) is 7.36. The first-order chi connectivity index (χ1) is 11.5. The van der Waals surface area contributed by atoms with Crippen molar-refractivity contribution in [3.8, 4) is 0 Å². The predicted molar refractivity (Wildman–Crippen MR) is 97.9 cm³/mol. The van der Waals surface area contributed by atoms with Gasteiger partial charge in [-0.15, -0.1) is 0 Å². The van der Waals surface area contributed by atoms with Crippen LogP contribution >= 0.6 is 0 Å². The summed E-state index contributed by atoms with van der Waals surface area (Å²) in [5.41, 5.74) is 5.49. The maximum Gasteiger partial charge on any atom is 0.234 e. The van der Waals surface area contributed by atoms with Gasteiger partial charge < -0.3 is 20.5 Å². The Morgan fingerprint density at radius 3 is 2.50 bits per heavy atom. The van der Waals surface area contributed by atoms with Gasteiger partial charge in [0.05, 0.1) is 24.8 Å². The molecule has 0 aliphatic heterocycles. The van der Waals surface area contributed by atoms with Crippen molar-refractivity contribution in [3.05, 3.63) is 0 Å². The Balaban J connectivity index is 2.51. The van der Waals surface area contributed by atoms with E-state index in [2.05, 4.69) is 26.1 Å². The molecule has 0 aromatic heterocycles. The van der Waals surface area contributed by atoms with Crippen LogP contribution in [-0.4, -0.2) is 44.4 Å². The van der Waals surface area contributed by atoms with Crippen LogP contribution in [-0.2, 0) is 14.3 Å². The van der Waals surface area contributed by atoms with Crippen LogP contribution in [0.3, 0.4) is 0 Å². The molecule has 0 bridgehead atoms. The van der Waals surface area contributed by atoms with Crippen molar-refractivity contribution < 1.29 is 14.3 Å². The molecule has 3 atom stereocenters. The van der Waals surface area contributed by atoms with Gasteiger partial charge in [0.15, 0.2) is 0 Å². The third kappa shape index (κ3) is 6.69. The fourth-order valence-corrected chi connectivity index (χ4v) is 3.70. The van der Waals surface area contributed by atoms with Crippen LogP contribution in [0.25, 0.3) is 0 Å². The average molecular weight is 343 g/mol. The van der Waals surface area contributed by atoms with Crippen LogP contribution in [0.1, 0.15) is 72.1 Å². The molecular weight excluding hydrogens is 304 g/mol. The lowest BCUT2D eigenvalue weighted by atomic mass is 9.71. The molecule has 142 valence electrons. The molecule has 0 radical (unpaired) electrons. The number of methoxy groups -OCH3 is 1. The van der Waals surface area contributed by atoms with E-state index >= 15 is 0 Å². The Labute approximate surface area is 148 Å². The fraction of sp³-hybridized carbons (Fsp3) is 0.947. The van der Waals surface area contributed by atoms with Crippen LogP contribution < -0.4 is 11.1 Å². The SMILES string of the molecule is CCCCCCCCOC1CCC(C)(C)C(OC)C1NC(=O)CN. The lowest BCUT2D eigenvalue weighted by molar-refractivity contribution is -0.134. The first-order valence-electron chi connectivity index (χ1n) is 9.60. The Hall–Kier alpha value is -0.650. The van der Waals surface area contributed by atoms with Crippen molar-refractivity contribution >= 4 is 5.91 Å². The summed E-state index contributed by atoms with van der Waals surface area (Å²) >= 11 is 0. The van der Waals surface area contributed by atoms with Gasteiger partial charge in [-0.25, -0.2) is 0 Å². The van der Waals surface area contributed by atoms with Crippen molar-refractivity contribution in [2.24, 2.45) is 11.1 Å². The minimum atomic E-state index is -0.145. The molecule has 1 fully saturated rings. The van der Waals surface area contributed by atoms with Crippen LogP contribution in [0.5, 0.6) is 0 Å². The van der Waals surface area contributed by atoms with E-state index in [0.717, 1.165) is 25.9 Å². The second-order valence-corrected chi connectivity index (χ2v) is 7.66. The molecule has 0 aromatic rings. The summed E-state index contributed by atoms with van der Waals surface area (Å²) < 4.78 is 11.9. The van der Waals surface area contributed by atoms with Gasteiger partial charge in [0.25, 0.3) is 0 Å². The van der Waals surface area contributed by atoms with Gasteiger partial charge in [-0.05, 0) is 24.7 Å². The highest BCUT2D eigenvalue weighted by atomic mass is 16.5. The first-order valence-corrected chi connectivity index (χ1v) is 9.60. The quantitative estimate of drug-likeness (QED) is 0.566. The second kappa shape index (κ2) is 11.1. The van der Waals surface area contributed by atoms with Gasteiger partial charge in [-0.3, -0.25) is 4.79 Å². The summed E-state index contributed by atoms with van der Waals surface area (Å²) in [5.74, 6) is -0.145. The molecular formula is C19H38N2O3. The number of unbranched alkanes of at least 4 members (excludes halogenated alkanes) is 5. The van der Waals surface area contributed by atoms with Gasteiger partial charge in [0.1, 0.15) is 0 Å². The van der Waals surface area contributed by atoms with Crippen molar-refractivity contribution in [3.63, 3.8) is 0 Å². The van der Waals surface area contributed by atoms with Crippen LogP contribution in [0, 0.1) is 5.41 Å². The molecule has 1 saturated carbocycles. The monoisotopic (exact) mass is 342 g/mol. The van der Waals surface area contributed by atoms with Gasteiger partial charge >= 0.3 is 0 Å². The third-order valence-corrected chi connectivity index (χ3v) is 5.17. The first kappa shape index (κ1) is 21.4. The smallest absolute Gasteiger partial charge is 0.234 e. The highest BCUT2D eigenvalue weighted by molar-refractivity contribution is 5.78. The van der Waals surface area contributed by atoms with Crippen LogP contribution in [0.2, 0.25) is 0 Å². The van der Waals surface area contributed by atoms with Crippen molar-refractivity contribution in [1.29, 1.82) is 0 Å². The molecule has 1 amide bonds. The number of rotatable bonds is 11. The van der Waals surface area contributed by atoms with E-state index in [1.54, 1.807) is 7.11 Å². The standard InChI is InChI=1S/C19H38N2O3/c1-5-6-7-8-9-10-13-24-15-11-12-19(2,3)18(23-4)17(15)21-16(22)14-20/h15,17-18H,5-14,20H2,1-4H3,(H,21,22). The Morgan fingerprint density at radius 2 is 1.88 bits per heavy atom. The largest absolute Gasteiger partial charge is 0.379 e. The van der Waals surface area contributed by atoms with Gasteiger partial charge in [-0.1, -0.05) is 52.9 Å².